The van der Waals surface area contributed by atoms with Crippen LogP contribution >= 0.6 is 0 Å². The topological polar surface area (TPSA) is 50.7 Å². The van der Waals surface area contributed by atoms with Crippen LogP contribution in [-0.2, 0) is 6.42 Å². The van der Waals surface area contributed by atoms with Crippen LogP contribution in [0.15, 0.2) is 18.3 Å². The molecular weight excluding hydrogens is 267 g/mol. The zero-order valence-electron chi connectivity index (χ0n) is 12.9. The molecule has 2 rings (SSSR count). The van der Waals surface area contributed by atoms with Crippen molar-refractivity contribution in [2.75, 3.05) is 13.6 Å². The van der Waals surface area contributed by atoms with Crippen molar-refractivity contribution in [3.8, 4) is 11.5 Å². The van der Waals surface area contributed by atoms with Gasteiger partial charge in [0.2, 0.25) is 0 Å². The van der Waals surface area contributed by atoms with Crippen LogP contribution in [0.2, 0.25) is 0 Å². The highest BCUT2D eigenvalue weighted by Crippen LogP contribution is 2.19. The van der Waals surface area contributed by atoms with Gasteiger partial charge in [-0.15, -0.1) is 0 Å². The van der Waals surface area contributed by atoms with E-state index in [4.69, 9.17) is 0 Å². The Morgan fingerprint density at radius 3 is 2.38 bits per heavy atom. The average Bonchev–Trinajstić information content (AvgIpc) is 2.44. The van der Waals surface area contributed by atoms with Crippen molar-refractivity contribution in [2.45, 2.75) is 27.2 Å². The average molecular weight is 288 g/mol. The summed E-state index contributed by atoms with van der Waals surface area (Å²) in [6.07, 6.45) is 2.13. The Bertz CT molecular complexity index is 587. The molecule has 0 saturated carbocycles. The molecule has 0 radical (unpaired) electrons. The molecule has 0 fully saturated rings. The van der Waals surface area contributed by atoms with Crippen LogP contribution in [-0.4, -0.2) is 28.5 Å². The van der Waals surface area contributed by atoms with Crippen molar-refractivity contribution in [1.29, 1.82) is 0 Å². The Labute approximate surface area is 124 Å². The van der Waals surface area contributed by atoms with Gasteiger partial charge in [-0.25, -0.2) is 19.3 Å². The summed E-state index contributed by atoms with van der Waals surface area (Å²) in [6, 6.07) is 2.98. The fourth-order valence-electron chi connectivity index (χ4n) is 2.43. The highest BCUT2D eigenvalue weighted by molar-refractivity contribution is 5.50. The van der Waals surface area contributed by atoms with Gasteiger partial charge in [-0.2, -0.15) is 0 Å². The van der Waals surface area contributed by atoms with Gasteiger partial charge in [0.05, 0.1) is 6.20 Å². The summed E-state index contributed by atoms with van der Waals surface area (Å²) in [5.74, 6) is 0.713. The second-order valence-corrected chi connectivity index (χ2v) is 5.43. The van der Waals surface area contributed by atoms with Crippen LogP contribution in [0, 0.1) is 25.6 Å². The van der Waals surface area contributed by atoms with Gasteiger partial charge in [-0.3, -0.25) is 0 Å². The van der Waals surface area contributed by atoms with Gasteiger partial charge in [0.25, 0.3) is 0 Å². The Hall–Kier alpha value is -1.88. The van der Waals surface area contributed by atoms with E-state index in [1.54, 1.807) is 6.07 Å². The number of hydrogen-bond acceptors (Lipinski definition) is 4. The van der Waals surface area contributed by atoms with Crippen molar-refractivity contribution in [3.63, 3.8) is 0 Å². The van der Waals surface area contributed by atoms with Crippen molar-refractivity contribution in [1.82, 2.24) is 20.3 Å². The number of pyridine rings is 1. The van der Waals surface area contributed by atoms with E-state index in [0.717, 1.165) is 24.4 Å². The Morgan fingerprint density at radius 2 is 1.86 bits per heavy atom. The lowest BCUT2D eigenvalue weighted by molar-refractivity contribution is 0.537. The molecule has 5 heteroatoms. The van der Waals surface area contributed by atoms with E-state index in [0.29, 0.717) is 17.4 Å². The van der Waals surface area contributed by atoms with Crippen LogP contribution in [0.25, 0.3) is 11.5 Å². The van der Waals surface area contributed by atoms with Crippen LogP contribution < -0.4 is 5.32 Å². The number of halogens is 1. The van der Waals surface area contributed by atoms with Gasteiger partial charge in [-0.05, 0) is 57.5 Å². The van der Waals surface area contributed by atoms with E-state index in [-0.39, 0.29) is 5.82 Å². The molecule has 4 nitrogen and oxygen atoms in total. The standard InChI is InChI=1S/C16H21FN4/c1-10(8-18-4)7-14-11(2)20-16(21-12(14)3)15-6-5-13(17)9-19-15/h5-6,9-10,18H,7-8H2,1-4H3. The highest BCUT2D eigenvalue weighted by Gasteiger charge is 2.13. The Kier molecular flexibility index (Phi) is 4.96. The van der Waals surface area contributed by atoms with Crippen molar-refractivity contribution in [3.05, 3.63) is 41.1 Å². The fourth-order valence-corrected chi connectivity index (χ4v) is 2.43. The van der Waals surface area contributed by atoms with Gasteiger partial charge in [-0.1, -0.05) is 6.92 Å². The van der Waals surface area contributed by atoms with E-state index in [2.05, 4.69) is 27.2 Å². The quantitative estimate of drug-likeness (QED) is 0.919. The Morgan fingerprint density at radius 1 is 1.19 bits per heavy atom. The van der Waals surface area contributed by atoms with Crippen molar-refractivity contribution < 1.29 is 4.39 Å². The molecule has 1 unspecified atom stereocenters. The molecule has 0 saturated heterocycles. The van der Waals surface area contributed by atoms with E-state index in [9.17, 15) is 4.39 Å². The number of nitrogens with one attached hydrogen (secondary N) is 1. The maximum Gasteiger partial charge on any atom is 0.178 e. The largest absolute Gasteiger partial charge is 0.319 e. The summed E-state index contributed by atoms with van der Waals surface area (Å²) >= 11 is 0. The summed E-state index contributed by atoms with van der Waals surface area (Å²) < 4.78 is 12.9. The van der Waals surface area contributed by atoms with E-state index >= 15 is 0 Å². The van der Waals surface area contributed by atoms with E-state index in [1.165, 1.54) is 17.8 Å². The van der Waals surface area contributed by atoms with Gasteiger partial charge < -0.3 is 5.32 Å². The minimum absolute atomic E-state index is 0.357. The molecule has 0 aliphatic rings. The molecule has 1 N–H and O–H groups in total. The minimum atomic E-state index is -0.357. The molecule has 0 aliphatic heterocycles. The normalized spacial score (nSPS) is 12.4. The summed E-state index contributed by atoms with van der Waals surface area (Å²) in [4.78, 5) is 13.1. The van der Waals surface area contributed by atoms with E-state index < -0.39 is 0 Å². The van der Waals surface area contributed by atoms with Gasteiger partial charge in [0, 0.05) is 11.4 Å². The number of nitrogens with zero attached hydrogens (tertiary/aromatic N) is 3. The molecule has 112 valence electrons. The lowest BCUT2D eigenvalue weighted by atomic mass is 9.98. The van der Waals surface area contributed by atoms with E-state index in [1.807, 2.05) is 20.9 Å². The second kappa shape index (κ2) is 6.72. The smallest absolute Gasteiger partial charge is 0.178 e. The zero-order chi connectivity index (χ0) is 15.4. The Balaban J connectivity index is 2.30. The molecule has 0 aliphatic carbocycles. The first-order chi connectivity index (χ1) is 10.0. The third-order valence-electron chi connectivity index (χ3n) is 3.48. The van der Waals surface area contributed by atoms with Crippen LogP contribution in [0.4, 0.5) is 4.39 Å². The second-order valence-electron chi connectivity index (χ2n) is 5.43. The predicted octanol–water partition coefficient (Wildman–Crippen LogP) is 2.69. The van der Waals surface area contributed by atoms with Gasteiger partial charge in [0.1, 0.15) is 11.5 Å². The van der Waals surface area contributed by atoms with Gasteiger partial charge >= 0.3 is 0 Å². The maximum atomic E-state index is 12.9. The molecule has 0 bridgehead atoms. The monoisotopic (exact) mass is 288 g/mol. The summed E-state index contributed by atoms with van der Waals surface area (Å²) in [5.41, 5.74) is 3.71. The van der Waals surface area contributed by atoms with Crippen molar-refractivity contribution >= 4 is 0 Å². The van der Waals surface area contributed by atoms with Crippen LogP contribution in [0.3, 0.4) is 0 Å². The lowest BCUT2D eigenvalue weighted by Gasteiger charge is -2.15. The highest BCUT2D eigenvalue weighted by atomic mass is 19.1. The number of aryl methyl sites for hydroxylation is 2. The predicted molar refractivity (Wildman–Crippen MR) is 81.5 cm³/mol. The van der Waals surface area contributed by atoms with Crippen LogP contribution in [0.1, 0.15) is 23.9 Å². The summed E-state index contributed by atoms with van der Waals surface area (Å²) in [7, 11) is 1.95. The molecule has 21 heavy (non-hydrogen) atoms. The minimum Gasteiger partial charge on any atom is -0.319 e. The zero-order valence-corrected chi connectivity index (χ0v) is 12.9. The summed E-state index contributed by atoms with van der Waals surface area (Å²) in [6.45, 7) is 7.14. The first-order valence-corrected chi connectivity index (χ1v) is 7.12. The maximum absolute atomic E-state index is 12.9. The molecule has 1 atom stereocenters. The lowest BCUT2D eigenvalue weighted by Crippen LogP contribution is -2.19. The number of hydrogen-bond donors (Lipinski definition) is 1. The first kappa shape index (κ1) is 15.5. The molecule has 0 aromatic carbocycles. The molecular formula is C16H21FN4. The fraction of sp³-hybridized carbons (Fsp3) is 0.438. The molecule has 2 heterocycles. The molecule has 2 aromatic rings. The van der Waals surface area contributed by atoms with Crippen molar-refractivity contribution in [2.24, 2.45) is 5.92 Å². The SMILES string of the molecule is CNCC(C)Cc1c(C)nc(-c2ccc(F)cn2)nc1C. The third-order valence-corrected chi connectivity index (χ3v) is 3.48. The van der Waals surface area contributed by atoms with Crippen LogP contribution in [0.5, 0.6) is 0 Å². The molecule has 0 spiro atoms. The molecule has 0 amide bonds. The number of rotatable bonds is 5. The van der Waals surface area contributed by atoms with Gasteiger partial charge in [0.15, 0.2) is 5.82 Å². The first-order valence-electron chi connectivity index (χ1n) is 7.12. The summed E-state index contributed by atoms with van der Waals surface area (Å²) in [5, 5.41) is 3.18. The third kappa shape index (κ3) is 3.82. The number of aromatic nitrogens is 3. The molecule has 2 aromatic heterocycles.